The average molecular weight is 287 g/mol. The number of hydrogen-bond acceptors (Lipinski definition) is 2. The van der Waals surface area contributed by atoms with E-state index in [1.54, 1.807) is 0 Å². The molecule has 2 aliphatic rings. The van der Waals surface area contributed by atoms with Gasteiger partial charge in [0, 0.05) is 22.8 Å². The maximum Gasteiger partial charge on any atom is 0.185 e. The lowest BCUT2D eigenvalue weighted by Gasteiger charge is -2.12. The third-order valence-corrected chi connectivity index (χ3v) is 4.04. The standard InChI is InChI=1S/C20H17NO/c1-3-20(22)16-9-8-14(2)15(12-16)10-11-17-13-21-19-7-5-4-6-18(17)19/h3-9,12,17-18H,1,13H2,2H3. The normalized spacial score (nSPS) is 21.6. The van der Waals surface area contributed by atoms with Crippen LogP contribution < -0.4 is 0 Å². The van der Waals surface area contributed by atoms with Gasteiger partial charge in [-0.15, -0.1) is 0 Å². The first-order valence-corrected chi connectivity index (χ1v) is 7.37. The van der Waals surface area contributed by atoms with E-state index in [2.05, 4.69) is 41.6 Å². The maximum atomic E-state index is 11.7. The number of rotatable bonds is 2. The van der Waals surface area contributed by atoms with Crippen molar-refractivity contribution in [2.45, 2.75) is 6.92 Å². The highest BCUT2D eigenvalue weighted by atomic mass is 16.1. The number of fused-ring (bicyclic) bond motifs is 1. The minimum absolute atomic E-state index is 0.0742. The smallest absolute Gasteiger partial charge is 0.185 e. The van der Waals surface area contributed by atoms with Crippen LogP contribution in [0.5, 0.6) is 0 Å². The van der Waals surface area contributed by atoms with E-state index >= 15 is 0 Å². The number of carbonyl (C=O) groups excluding carboxylic acids is 1. The molecule has 1 aromatic carbocycles. The molecule has 0 fully saturated rings. The Morgan fingerprint density at radius 2 is 2.27 bits per heavy atom. The number of allylic oxidation sites excluding steroid dienone is 5. The first kappa shape index (κ1) is 14.3. The first-order chi connectivity index (χ1) is 10.7. The summed E-state index contributed by atoms with van der Waals surface area (Å²) in [5.41, 5.74) is 3.73. The van der Waals surface area contributed by atoms with E-state index in [-0.39, 0.29) is 11.7 Å². The van der Waals surface area contributed by atoms with Gasteiger partial charge in [-0.05, 0) is 30.7 Å². The second kappa shape index (κ2) is 5.99. The second-order valence-electron chi connectivity index (χ2n) is 5.51. The molecule has 0 spiro atoms. The highest BCUT2D eigenvalue weighted by Crippen LogP contribution is 2.25. The molecule has 0 saturated heterocycles. The van der Waals surface area contributed by atoms with E-state index in [4.69, 9.17) is 0 Å². The molecule has 0 amide bonds. The largest absolute Gasteiger partial charge is 0.289 e. The highest BCUT2D eigenvalue weighted by molar-refractivity contribution is 6.04. The summed E-state index contributed by atoms with van der Waals surface area (Å²) < 4.78 is 0. The fraction of sp³-hybridized carbons (Fsp3) is 0.200. The van der Waals surface area contributed by atoms with Crippen molar-refractivity contribution in [1.82, 2.24) is 0 Å². The molecule has 0 N–H and O–H groups in total. The van der Waals surface area contributed by atoms with Gasteiger partial charge in [-0.3, -0.25) is 9.79 Å². The Morgan fingerprint density at radius 1 is 1.41 bits per heavy atom. The van der Waals surface area contributed by atoms with Gasteiger partial charge in [-0.2, -0.15) is 0 Å². The van der Waals surface area contributed by atoms with Crippen LogP contribution in [0.25, 0.3) is 0 Å². The fourth-order valence-electron chi connectivity index (χ4n) is 2.70. The first-order valence-electron chi connectivity index (χ1n) is 7.37. The van der Waals surface area contributed by atoms with Gasteiger partial charge in [0.05, 0.1) is 12.5 Å². The lowest BCUT2D eigenvalue weighted by Crippen LogP contribution is -2.15. The van der Waals surface area contributed by atoms with Crippen molar-refractivity contribution >= 4 is 11.5 Å². The molecule has 108 valence electrons. The lowest BCUT2D eigenvalue weighted by molar-refractivity contribution is 0.104. The summed E-state index contributed by atoms with van der Waals surface area (Å²) in [5.74, 6) is 7.02. The van der Waals surface area contributed by atoms with Gasteiger partial charge < -0.3 is 0 Å². The van der Waals surface area contributed by atoms with E-state index in [1.807, 2.05) is 31.2 Å². The van der Waals surface area contributed by atoms with Crippen LogP contribution in [-0.2, 0) is 0 Å². The third-order valence-electron chi connectivity index (χ3n) is 4.04. The van der Waals surface area contributed by atoms with Crippen molar-refractivity contribution < 1.29 is 4.79 Å². The van der Waals surface area contributed by atoms with Crippen LogP contribution in [0.1, 0.15) is 21.5 Å². The Bertz CT molecular complexity index is 784. The zero-order valence-corrected chi connectivity index (χ0v) is 12.5. The van der Waals surface area contributed by atoms with Crippen molar-refractivity contribution in [1.29, 1.82) is 0 Å². The van der Waals surface area contributed by atoms with E-state index < -0.39 is 0 Å². The fourth-order valence-corrected chi connectivity index (χ4v) is 2.70. The van der Waals surface area contributed by atoms with Gasteiger partial charge in [-0.1, -0.05) is 48.8 Å². The van der Waals surface area contributed by atoms with Crippen LogP contribution in [0.4, 0.5) is 0 Å². The summed E-state index contributed by atoms with van der Waals surface area (Å²) in [6, 6.07) is 5.59. The predicted octanol–water partition coefficient (Wildman–Crippen LogP) is 3.53. The Kier molecular flexibility index (Phi) is 3.89. The quantitative estimate of drug-likeness (QED) is 0.465. The van der Waals surface area contributed by atoms with Crippen LogP contribution in [0.15, 0.2) is 60.2 Å². The Labute approximate surface area is 131 Å². The molecule has 1 aliphatic carbocycles. The van der Waals surface area contributed by atoms with Crippen molar-refractivity contribution in [2.24, 2.45) is 16.8 Å². The van der Waals surface area contributed by atoms with E-state index in [0.29, 0.717) is 11.5 Å². The summed E-state index contributed by atoms with van der Waals surface area (Å²) in [5, 5.41) is 0. The summed E-state index contributed by atoms with van der Waals surface area (Å²) in [6.45, 7) is 6.28. The molecule has 1 aliphatic heterocycles. The van der Waals surface area contributed by atoms with Gasteiger partial charge in [0.1, 0.15) is 0 Å². The maximum absolute atomic E-state index is 11.7. The monoisotopic (exact) mass is 287 g/mol. The molecule has 1 aromatic rings. The van der Waals surface area contributed by atoms with Crippen LogP contribution in [0.2, 0.25) is 0 Å². The zero-order chi connectivity index (χ0) is 15.5. The Hall–Kier alpha value is -2.66. The van der Waals surface area contributed by atoms with Crippen molar-refractivity contribution in [3.63, 3.8) is 0 Å². The molecule has 3 rings (SSSR count). The molecule has 2 nitrogen and oxygen atoms in total. The Balaban J connectivity index is 1.86. The number of aryl methyl sites for hydroxylation is 1. The summed E-state index contributed by atoms with van der Waals surface area (Å²) in [6.07, 6.45) is 9.62. The van der Waals surface area contributed by atoms with Crippen molar-refractivity contribution in [3.05, 3.63) is 71.8 Å². The zero-order valence-electron chi connectivity index (χ0n) is 12.5. The number of nitrogens with zero attached hydrogens (tertiary/aromatic N) is 1. The van der Waals surface area contributed by atoms with Crippen LogP contribution in [-0.4, -0.2) is 18.0 Å². The lowest BCUT2D eigenvalue weighted by atomic mass is 9.88. The number of ketones is 1. The number of carbonyl (C=O) groups is 1. The van der Waals surface area contributed by atoms with Crippen LogP contribution >= 0.6 is 0 Å². The molecule has 0 saturated carbocycles. The average Bonchev–Trinajstić information content (AvgIpc) is 2.96. The molecule has 2 unspecified atom stereocenters. The molecule has 0 aromatic heterocycles. The van der Waals surface area contributed by atoms with E-state index in [0.717, 1.165) is 23.4 Å². The minimum atomic E-state index is -0.0742. The molecular weight excluding hydrogens is 270 g/mol. The topological polar surface area (TPSA) is 29.4 Å². The summed E-state index contributed by atoms with van der Waals surface area (Å²) in [4.78, 5) is 16.3. The van der Waals surface area contributed by atoms with E-state index in [1.165, 1.54) is 6.08 Å². The van der Waals surface area contributed by atoms with Crippen LogP contribution in [0, 0.1) is 30.6 Å². The second-order valence-corrected chi connectivity index (χ2v) is 5.51. The van der Waals surface area contributed by atoms with Crippen molar-refractivity contribution in [2.75, 3.05) is 6.54 Å². The van der Waals surface area contributed by atoms with Gasteiger partial charge in [-0.25, -0.2) is 0 Å². The molecule has 1 heterocycles. The molecule has 2 atom stereocenters. The van der Waals surface area contributed by atoms with Crippen LogP contribution in [0.3, 0.4) is 0 Å². The molecule has 2 heteroatoms. The van der Waals surface area contributed by atoms with Gasteiger partial charge in [0.15, 0.2) is 5.78 Å². The Morgan fingerprint density at radius 3 is 3.09 bits per heavy atom. The van der Waals surface area contributed by atoms with E-state index in [9.17, 15) is 4.79 Å². The number of aliphatic imine (C=N–C) groups is 1. The molecule has 0 radical (unpaired) electrons. The highest BCUT2D eigenvalue weighted by Gasteiger charge is 2.27. The summed E-state index contributed by atoms with van der Waals surface area (Å²) in [7, 11) is 0. The van der Waals surface area contributed by atoms with Gasteiger partial charge in [0.25, 0.3) is 0 Å². The van der Waals surface area contributed by atoms with Gasteiger partial charge in [0.2, 0.25) is 0 Å². The molecule has 0 bridgehead atoms. The number of benzene rings is 1. The van der Waals surface area contributed by atoms with Crippen molar-refractivity contribution in [3.8, 4) is 11.8 Å². The summed E-state index contributed by atoms with van der Waals surface area (Å²) >= 11 is 0. The van der Waals surface area contributed by atoms with Gasteiger partial charge >= 0.3 is 0 Å². The number of hydrogen-bond donors (Lipinski definition) is 0. The third kappa shape index (κ3) is 2.71. The predicted molar refractivity (Wildman–Crippen MR) is 90.1 cm³/mol. The SMILES string of the molecule is C=CC(=O)c1ccc(C)c(C#CC2CN=C3C=CC=CC32)c1. The minimum Gasteiger partial charge on any atom is -0.289 e. The molecule has 22 heavy (non-hydrogen) atoms. The molecular formula is C20H17NO.